The minimum Gasteiger partial charge on any atom is -0.508 e. The van der Waals surface area contributed by atoms with Crippen LogP contribution in [0.2, 0.25) is 0 Å². The van der Waals surface area contributed by atoms with Crippen molar-refractivity contribution in [2.45, 2.75) is 43.5 Å². The Morgan fingerprint density at radius 3 is 2.02 bits per heavy atom. The number of imide groups is 2. The molecule has 55 heavy (non-hydrogen) atoms. The summed E-state index contributed by atoms with van der Waals surface area (Å²) in [5, 5.41) is 11.7. The molecule has 6 unspecified atom stereocenters. The minimum atomic E-state index is -5.23. The van der Waals surface area contributed by atoms with Crippen molar-refractivity contribution in [2.75, 3.05) is 10.3 Å². The first-order valence-electron chi connectivity index (χ1n) is 17.4. The fourth-order valence-electron chi connectivity index (χ4n) is 9.15. The Hall–Kier alpha value is -5.92. The van der Waals surface area contributed by atoms with Crippen LogP contribution in [0.4, 0.5) is 37.7 Å². The van der Waals surface area contributed by atoms with Crippen LogP contribution in [-0.4, -0.2) is 33.7 Å². The third kappa shape index (κ3) is 5.60. The molecule has 0 radical (unpaired) electrons. The van der Waals surface area contributed by atoms with Crippen molar-refractivity contribution < 1.29 is 50.6 Å². The number of aromatic hydroxyl groups is 1. The Kier molecular flexibility index (Phi) is 8.24. The average molecular weight is 760 g/mol. The highest BCUT2D eigenvalue weighted by Crippen LogP contribution is 2.64. The number of carbonyl (C=O) groups excluding carboxylic acids is 4. The van der Waals surface area contributed by atoms with Crippen molar-refractivity contribution in [2.24, 2.45) is 23.7 Å². The van der Waals surface area contributed by atoms with Crippen LogP contribution >= 0.6 is 0 Å². The number of nitrogens with zero attached hydrogens (tertiary/aromatic N) is 2. The van der Waals surface area contributed by atoms with Gasteiger partial charge >= 0.3 is 12.4 Å². The van der Waals surface area contributed by atoms with E-state index in [1.54, 1.807) is 72.8 Å². The lowest BCUT2D eigenvalue weighted by Crippen LogP contribution is -2.53. The molecule has 0 spiro atoms. The number of nitrogens with one attached hydrogen (secondary N) is 1. The standard InChI is InChI=1S/C41H31F6N3O5/c1-21-10-12-26(13-11-21)48-50-36(53)32-20-31-29(34(22-6-5-9-28(51)16-22)39(32,38(50)55)23-7-3-2-4-8-23)14-15-30-33(31)37(54)49(35(30)52)27-18-24(40(42,43)44)17-25(19-27)41(45,46)47/h2-14,16-19,30-34,48,51H,15,20H2,1H3. The molecule has 6 atom stereocenters. The molecule has 0 aromatic heterocycles. The van der Waals surface area contributed by atoms with Crippen molar-refractivity contribution in [3.8, 4) is 5.75 Å². The van der Waals surface area contributed by atoms with Gasteiger partial charge in [-0.25, -0.2) is 4.90 Å². The van der Waals surface area contributed by atoms with Gasteiger partial charge in [0.15, 0.2) is 0 Å². The molecule has 4 aliphatic rings. The average Bonchev–Trinajstić information content (AvgIpc) is 3.52. The predicted octanol–water partition coefficient (Wildman–Crippen LogP) is 7.93. The number of allylic oxidation sites excluding steroid dienone is 2. The number of phenols is 1. The Labute approximate surface area is 310 Å². The van der Waals surface area contributed by atoms with Gasteiger partial charge in [0.05, 0.1) is 45.7 Å². The number of carbonyl (C=O) groups is 4. The fourth-order valence-corrected chi connectivity index (χ4v) is 9.15. The Bertz CT molecular complexity index is 2260. The number of phenolic OH excluding ortho intramolecular Hbond substituents is 1. The molecule has 282 valence electrons. The topological polar surface area (TPSA) is 107 Å². The first-order chi connectivity index (χ1) is 26.0. The number of fused-ring (bicyclic) bond motifs is 4. The molecular weight excluding hydrogens is 728 g/mol. The second-order valence-corrected chi connectivity index (χ2v) is 14.5. The first-order valence-corrected chi connectivity index (χ1v) is 17.4. The second-order valence-electron chi connectivity index (χ2n) is 14.5. The maximum atomic E-state index is 15.1. The van der Waals surface area contributed by atoms with Gasteiger partial charge in [-0.3, -0.25) is 24.6 Å². The zero-order chi connectivity index (χ0) is 39.2. The molecule has 2 N–H and O–H groups in total. The summed E-state index contributed by atoms with van der Waals surface area (Å²) in [6.45, 7) is 1.87. The summed E-state index contributed by atoms with van der Waals surface area (Å²) in [4.78, 5) is 58.7. The van der Waals surface area contributed by atoms with E-state index in [1.807, 2.05) is 6.92 Å². The van der Waals surface area contributed by atoms with Crippen LogP contribution < -0.4 is 10.3 Å². The second kappa shape index (κ2) is 12.6. The van der Waals surface area contributed by atoms with Gasteiger partial charge in [-0.1, -0.05) is 71.8 Å². The smallest absolute Gasteiger partial charge is 0.416 e. The van der Waals surface area contributed by atoms with Gasteiger partial charge in [-0.15, -0.1) is 0 Å². The van der Waals surface area contributed by atoms with Crippen LogP contribution in [-0.2, 0) is 36.9 Å². The van der Waals surface area contributed by atoms with E-state index in [1.165, 1.54) is 12.1 Å². The maximum Gasteiger partial charge on any atom is 0.416 e. The van der Waals surface area contributed by atoms with Gasteiger partial charge in [0, 0.05) is 5.92 Å². The van der Waals surface area contributed by atoms with E-state index in [0.717, 1.165) is 10.6 Å². The number of halogens is 6. The van der Waals surface area contributed by atoms with E-state index < -0.39 is 87.8 Å². The van der Waals surface area contributed by atoms with E-state index in [4.69, 9.17) is 0 Å². The molecule has 2 heterocycles. The lowest BCUT2D eigenvalue weighted by molar-refractivity contribution is -0.143. The van der Waals surface area contributed by atoms with Crippen molar-refractivity contribution in [3.05, 3.63) is 137 Å². The Balaban J connectivity index is 1.29. The van der Waals surface area contributed by atoms with Crippen LogP contribution in [0.3, 0.4) is 0 Å². The Morgan fingerprint density at radius 2 is 1.40 bits per heavy atom. The number of hydrogen-bond donors (Lipinski definition) is 2. The largest absolute Gasteiger partial charge is 0.508 e. The molecule has 4 aromatic carbocycles. The van der Waals surface area contributed by atoms with Gasteiger partial charge in [0.25, 0.3) is 11.8 Å². The molecule has 8 rings (SSSR count). The lowest BCUT2D eigenvalue weighted by Gasteiger charge is -2.50. The number of anilines is 2. The van der Waals surface area contributed by atoms with Crippen LogP contribution in [0.25, 0.3) is 0 Å². The summed E-state index contributed by atoms with van der Waals surface area (Å²) in [5.41, 5.74) is -0.168. The SMILES string of the molecule is Cc1ccc(NN2C(=O)C3CC4C(=CCC5C(=O)N(c6cc(C(F)(F)F)cc(C(F)(F)F)c6)C(=O)C54)C(c4cccc(O)c4)C3(c3ccccc3)C2=O)cc1. The number of benzene rings is 4. The first kappa shape index (κ1) is 36.1. The van der Waals surface area contributed by atoms with E-state index in [0.29, 0.717) is 39.4 Å². The normalized spacial score (nSPS) is 26.5. The maximum absolute atomic E-state index is 15.1. The molecule has 2 aliphatic carbocycles. The fraction of sp³-hybridized carbons (Fsp3) is 0.268. The monoisotopic (exact) mass is 759 g/mol. The number of alkyl halides is 6. The number of amides is 4. The molecular formula is C41H31F6N3O5. The van der Waals surface area contributed by atoms with Crippen molar-refractivity contribution in [1.82, 2.24) is 5.01 Å². The van der Waals surface area contributed by atoms with Gasteiger partial charge in [0.1, 0.15) is 5.75 Å². The zero-order valence-electron chi connectivity index (χ0n) is 28.9. The van der Waals surface area contributed by atoms with Crippen LogP contribution in [0, 0.1) is 30.6 Å². The highest BCUT2D eigenvalue weighted by Gasteiger charge is 2.70. The number of rotatable bonds is 5. The molecule has 4 amide bonds. The van der Waals surface area contributed by atoms with E-state index in [2.05, 4.69) is 5.43 Å². The molecule has 0 bridgehead atoms. The van der Waals surface area contributed by atoms with Crippen LogP contribution in [0.15, 0.2) is 109 Å². The Morgan fingerprint density at radius 1 is 0.745 bits per heavy atom. The highest BCUT2D eigenvalue weighted by atomic mass is 19.4. The van der Waals surface area contributed by atoms with Crippen LogP contribution in [0.1, 0.15) is 46.6 Å². The van der Waals surface area contributed by atoms with Crippen LogP contribution in [0.5, 0.6) is 5.75 Å². The number of aryl methyl sites for hydroxylation is 1. The molecule has 8 nitrogen and oxygen atoms in total. The van der Waals surface area contributed by atoms with Gasteiger partial charge in [-0.05, 0) is 79.3 Å². The van der Waals surface area contributed by atoms with E-state index >= 15 is 4.79 Å². The molecule has 2 aliphatic heterocycles. The number of hydrazine groups is 1. The summed E-state index contributed by atoms with van der Waals surface area (Å²) in [6, 6.07) is 22.3. The van der Waals surface area contributed by atoms with E-state index in [-0.39, 0.29) is 24.7 Å². The lowest BCUT2D eigenvalue weighted by atomic mass is 9.49. The van der Waals surface area contributed by atoms with Crippen molar-refractivity contribution in [3.63, 3.8) is 0 Å². The summed E-state index contributed by atoms with van der Waals surface area (Å²) < 4.78 is 83.2. The summed E-state index contributed by atoms with van der Waals surface area (Å²) in [7, 11) is 0. The van der Waals surface area contributed by atoms with Crippen molar-refractivity contribution >= 4 is 35.0 Å². The number of hydrogen-bond acceptors (Lipinski definition) is 6. The molecule has 1 saturated carbocycles. The molecule has 2 saturated heterocycles. The molecule has 4 aromatic rings. The van der Waals surface area contributed by atoms with Crippen molar-refractivity contribution in [1.29, 1.82) is 0 Å². The third-order valence-corrected chi connectivity index (χ3v) is 11.4. The van der Waals surface area contributed by atoms with E-state index in [9.17, 15) is 45.8 Å². The van der Waals surface area contributed by atoms with Gasteiger partial charge in [-0.2, -0.15) is 31.4 Å². The predicted molar refractivity (Wildman–Crippen MR) is 186 cm³/mol. The highest BCUT2D eigenvalue weighted by molar-refractivity contribution is 6.22. The minimum absolute atomic E-state index is 0.0788. The summed E-state index contributed by atoms with van der Waals surface area (Å²) >= 11 is 0. The van der Waals surface area contributed by atoms with Gasteiger partial charge < -0.3 is 5.11 Å². The summed E-state index contributed by atoms with van der Waals surface area (Å²) in [6.07, 6.45) is -9.04. The third-order valence-electron chi connectivity index (χ3n) is 11.4. The summed E-state index contributed by atoms with van der Waals surface area (Å²) in [5.74, 6) is -8.95. The molecule has 3 fully saturated rings. The van der Waals surface area contributed by atoms with Gasteiger partial charge in [0.2, 0.25) is 11.8 Å². The molecule has 14 heteroatoms. The zero-order valence-corrected chi connectivity index (χ0v) is 28.9. The quantitative estimate of drug-likeness (QED) is 0.122.